The van der Waals surface area contributed by atoms with Crippen LogP contribution in [0.2, 0.25) is 0 Å². The van der Waals surface area contributed by atoms with Crippen molar-refractivity contribution in [2.24, 2.45) is 5.14 Å². The van der Waals surface area contributed by atoms with E-state index in [2.05, 4.69) is 11.0 Å². The molecule has 0 unspecified atom stereocenters. The van der Waals surface area contributed by atoms with Gasteiger partial charge in [0, 0.05) is 39.0 Å². The van der Waals surface area contributed by atoms with Crippen LogP contribution in [-0.2, 0) is 26.4 Å². The van der Waals surface area contributed by atoms with Crippen LogP contribution in [0.4, 0.5) is 5.69 Å². The quantitative estimate of drug-likeness (QED) is 0.731. The van der Waals surface area contributed by atoms with E-state index in [0.717, 1.165) is 43.9 Å². The van der Waals surface area contributed by atoms with E-state index in [9.17, 15) is 16.8 Å². The lowest BCUT2D eigenvalue weighted by Crippen LogP contribution is -2.31. The first-order chi connectivity index (χ1) is 14.1. The summed E-state index contributed by atoms with van der Waals surface area (Å²) in [5.41, 5.74) is 2.22. The van der Waals surface area contributed by atoms with Crippen molar-refractivity contribution >= 4 is 25.5 Å². The van der Waals surface area contributed by atoms with Crippen LogP contribution < -0.4 is 10.0 Å². The summed E-state index contributed by atoms with van der Waals surface area (Å²) < 4.78 is 48.0. The Balaban J connectivity index is 1.80. The highest BCUT2D eigenvalue weighted by Crippen LogP contribution is 2.29. The summed E-state index contributed by atoms with van der Waals surface area (Å²) >= 11 is 0. The van der Waals surface area contributed by atoms with Gasteiger partial charge in [-0.2, -0.15) is 5.26 Å². The number of sulfonamides is 1. The van der Waals surface area contributed by atoms with Gasteiger partial charge in [0.2, 0.25) is 10.0 Å². The van der Waals surface area contributed by atoms with Gasteiger partial charge in [-0.3, -0.25) is 4.90 Å². The number of rotatable bonds is 5. The second-order valence-corrected chi connectivity index (χ2v) is 10.9. The Morgan fingerprint density at radius 2 is 1.70 bits per heavy atom. The van der Waals surface area contributed by atoms with Crippen LogP contribution in [0, 0.1) is 11.3 Å². The van der Waals surface area contributed by atoms with E-state index in [1.807, 2.05) is 17.0 Å². The Morgan fingerprint density at radius 1 is 1.00 bits per heavy atom. The predicted octanol–water partition coefficient (Wildman–Crippen LogP) is 1.32. The van der Waals surface area contributed by atoms with Gasteiger partial charge in [0.15, 0.2) is 9.84 Å². The molecule has 1 saturated heterocycles. The summed E-state index contributed by atoms with van der Waals surface area (Å²) in [5, 5.41) is 14.1. The smallest absolute Gasteiger partial charge is 0.238 e. The van der Waals surface area contributed by atoms with Crippen molar-refractivity contribution in [2.75, 3.05) is 37.3 Å². The fraction of sp³-hybridized carbons (Fsp3) is 0.350. The first kappa shape index (κ1) is 22.2. The molecule has 1 heterocycles. The largest absolute Gasteiger partial charge is 0.369 e. The maximum atomic E-state index is 12.3. The van der Waals surface area contributed by atoms with Gasteiger partial charge < -0.3 is 4.90 Å². The fourth-order valence-electron chi connectivity index (χ4n) is 3.54. The molecule has 0 aliphatic carbocycles. The molecule has 1 fully saturated rings. The van der Waals surface area contributed by atoms with E-state index in [1.54, 1.807) is 12.1 Å². The fourth-order valence-corrected chi connectivity index (χ4v) is 5.08. The molecule has 2 N–H and O–H groups in total. The molecule has 160 valence electrons. The second kappa shape index (κ2) is 8.73. The zero-order valence-electron chi connectivity index (χ0n) is 16.7. The van der Waals surface area contributed by atoms with Gasteiger partial charge in [0.1, 0.15) is 0 Å². The molecule has 10 heteroatoms. The van der Waals surface area contributed by atoms with Crippen molar-refractivity contribution in [3.05, 3.63) is 53.6 Å². The first-order valence-corrected chi connectivity index (χ1v) is 12.8. The van der Waals surface area contributed by atoms with E-state index in [-0.39, 0.29) is 9.79 Å². The molecule has 0 amide bonds. The van der Waals surface area contributed by atoms with Crippen LogP contribution in [0.15, 0.2) is 52.3 Å². The summed E-state index contributed by atoms with van der Waals surface area (Å²) in [5.74, 6) is 0. The lowest BCUT2D eigenvalue weighted by atomic mass is 10.1. The predicted molar refractivity (Wildman–Crippen MR) is 114 cm³/mol. The summed E-state index contributed by atoms with van der Waals surface area (Å²) in [6, 6.07) is 13.6. The van der Waals surface area contributed by atoms with Crippen molar-refractivity contribution in [1.29, 1.82) is 5.26 Å². The van der Waals surface area contributed by atoms with Gasteiger partial charge in [0.05, 0.1) is 27.1 Å². The minimum absolute atomic E-state index is 0.0328. The van der Waals surface area contributed by atoms with Gasteiger partial charge in [-0.1, -0.05) is 12.1 Å². The van der Waals surface area contributed by atoms with Crippen LogP contribution in [0.1, 0.15) is 17.5 Å². The zero-order valence-corrected chi connectivity index (χ0v) is 18.3. The second-order valence-electron chi connectivity index (χ2n) is 7.37. The third-order valence-corrected chi connectivity index (χ3v) is 7.11. The molecule has 1 aliphatic rings. The molecule has 2 aromatic carbocycles. The number of nitrogens with two attached hydrogens (primary N) is 1. The van der Waals surface area contributed by atoms with Crippen LogP contribution >= 0.6 is 0 Å². The summed E-state index contributed by atoms with van der Waals surface area (Å²) in [6.45, 7) is 3.57. The van der Waals surface area contributed by atoms with Crippen molar-refractivity contribution in [3.8, 4) is 6.07 Å². The number of primary sulfonamides is 1. The van der Waals surface area contributed by atoms with Crippen LogP contribution in [0.3, 0.4) is 0 Å². The van der Waals surface area contributed by atoms with Crippen molar-refractivity contribution in [3.63, 3.8) is 0 Å². The highest BCUT2D eigenvalue weighted by atomic mass is 32.2. The third kappa shape index (κ3) is 5.37. The molecule has 8 nitrogen and oxygen atoms in total. The number of nitrogens with zero attached hydrogens (tertiary/aromatic N) is 3. The number of sulfone groups is 1. The van der Waals surface area contributed by atoms with E-state index in [4.69, 9.17) is 10.4 Å². The molecule has 0 radical (unpaired) electrons. The number of hydrogen-bond acceptors (Lipinski definition) is 7. The summed E-state index contributed by atoms with van der Waals surface area (Å²) in [7, 11) is -7.65. The number of hydrogen-bond donors (Lipinski definition) is 1. The van der Waals surface area contributed by atoms with E-state index < -0.39 is 19.9 Å². The Labute approximate surface area is 177 Å². The molecule has 3 rings (SSSR count). The Morgan fingerprint density at radius 3 is 2.30 bits per heavy atom. The number of benzene rings is 2. The monoisotopic (exact) mass is 448 g/mol. The Hall–Kier alpha value is -2.45. The normalized spacial score (nSPS) is 16.1. The van der Waals surface area contributed by atoms with Gasteiger partial charge in [-0.15, -0.1) is 0 Å². The Kier molecular flexibility index (Phi) is 6.47. The molecule has 1 aliphatic heterocycles. The van der Waals surface area contributed by atoms with Crippen molar-refractivity contribution in [2.45, 2.75) is 22.8 Å². The van der Waals surface area contributed by atoms with Crippen molar-refractivity contribution < 1.29 is 16.8 Å². The highest BCUT2D eigenvalue weighted by Gasteiger charge is 2.23. The van der Waals surface area contributed by atoms with E-state index in [1.165, 1.54) is 12.1 Å². The van der Waals surface area contributed by atoms with Crippen LogP contribution in [-0.4, -0.2) is 54.2 Å². The molecule has 0 aromatic heterocycles. The van der Waals surface area contributed by atoms with E-state index >= 15 is 0 Å². The molecule has 0 saturated carbocycles. The topological polar surface area (TPSA) is 125 Å². The molecule has 2 aromatic rings. The summed E-state index contributed by atoms with van der Waals surface area (Å²) in [4.78, 5) is 4.00. The molecule has 30 heavy (non-hydrogen) atoms. The average molecular weight is 449 g/mol. The lowest BCUT2D eigenvalue weighted by Gasteiger charge is -2.26. The van der Waals surface area contributed by atoms with Gasteiger partial charge in [0.25, 0.3) is 0 Å². The van der Waals surface area contributed by atoms with E-state index in [0.29, 0.717) is 24.3 Å². The van der Waals surface area contributed by atoms with Crippen molar-refractivity contribution in [1.82, 2.24) is 4.90 Å². The molecule has 0 bridgehead atoms. The third-order valence-electron chi connectivity index (χ3n) is 5.08. The number of anilines is 1. The van der Waals surface area contributed by atoms with Gasteiger partial charge >= 0.3 is 0 Å². The molecule has 0 spiro atoms. The average Bonchev–Trinajstić information content (AvgIpc) is 2.92. The molecular weight excluding hydrogens is 424 g/mol. The molecular formula is C20H24N4O4S2. The lowest BCUT2D eigenvalue weighted by molar-refractivity contribution is 0.285. The highest BCUT2D eigenvalue weighted by molar-refractivity contribution is 7.91. The van der Waals surface area contributed by atoms with Crippen LogP contribution in [0.5, 0.6) is 0 Å². The van der Waals surface area contributed by atoms with Crippen LogP contribution in [0.25, 0.3) is 0 Å². The maximum Gasteiger partial charge on any atom is 0.238 e. The minimum Gasteiger partial charge on any atom is -0.369 e. The maximum absolute atomic E-state index is 12.3. The first-order valence-electron chi connectivity index (χ1n) is 9.41. The summed E-state index contributed by atoms with van der Waals surface area (Å²) in [6.07, 6.45) is 1.89. The molecule has 0 atom stereocenters. The Bertz CT molecular complexity index is 1170. The zero-order chi connectivity index (χ0) is 21.9. The van der Waals surface area contributed by atoms with Gasteiger partial charge in [-0.25, -0.2) is 22.0 Å². The SMILES string of the molecule is CS(=O)(=O)c1cc(S(N)(=O)=O)ccc1N1CCCN(Cc2ccc(C#N)cc2)CC1. The minimum atomic E-state index is -4.00. The van der Waals surface area contributed by atoms with Gasteiger partial charge in [-0.05, 0) is 42.3 Å². The standard InChI is InChI=1S/C20H24N4O4S2/c1-29(25,26)20-13-18(30(22,27)28)7-8-19(20)24-10-2-9-23(11-12-24)15-17-5-3-16(14-21)4-6-17/h3-8,13H,2,9-12,15H2,1H3,(H2,22,27,28). The number of nitriles is 1.